The lowest BCUT2D eigenvalue weighted by Gasteiger charge is -2.12. The molecule has 0 saturated heterocycles. The van der Waals surface area contributed by atoms with Crippen LogP contribution >= 0.6 is 11.8 Å². The lowest BCUT2D eigenvalue weighted by molar-refractivity contribution is -0.115. The van der Waals surface area contributed by atoms with Crippen LogP contribution in [-0.2, 0) is 4.79 Å². The van der Waals surface area contributed by atoms with E-state index in [2.05, 4.69) is 10.6 Å². The van der Waals surface area contributed by atoms with Gasteiger partial charge in [-0.25, -0.2) is 0 Å². The lowest BCUT2D eigenvalue weighted by atomic mass is 10.3. The van der Waals surface area contributed by atoms with E-state index in [0.717, 1.165) is 0 Å². The Bertz CT molecular complexity index is 424. The van der Waals surface area contributed by atoms with Crippen molar-refractivity contribution < 1.29 is 18.0 Å². The Balaban J connectivity index is 2.65. The summed E-state index contributed by atoms with van der Waals surface area (Å²) >= 11 is 0.660. The van der Waals surface area contributed by atoms with Crippen LogP contribution in [0.25, 0.3) is 0 Å². The second-order valence-corrected chi connectivity index (χ2v) is 4.75. The van der Waals surface area contributed by atoms with Gasteiger partial charge in [-0.3, -0.25) is 4.79 Å². The summed E-state index contributed by atoms with van der Waals surface area (Å²) in [6, 6.07) is 6.45. The molecule has 0 aromatic heterocycles. The molecule has 0 atom stereocenters. The average molecular weight is 292 g/mol. The number of anilines is 1. The number of hydrogen-bond acceptors (Lipinski definition) is 3. The van der Waals surface area contributed by atoms with Gasteiger partial charge in [-0.05, 0) is 18.7 Å². The largest absolute Gasteiger partial charge is 0.398 e. The van der Waals surface area contributed by atoms with E-state index < -0.39 is 11.9 Å². The van der Waals surface area contributed by atoms with Gasteiger partial charge in [0.2, 0.25) is 5.91 Å². The molecule has 7 heteroatoms. The van der Waals surface area contributed by atoms with Gasteiger partial charge in [-0.1, -0.05) is 19.1 Å². The normalized spacial score (nSPS) is 11.4. The van der Waals surface area contributed by atoms with Crippen molar-refractivity contribution in [2.24, 2.45) is 0 Å². The first-order valence-corrected chi connectivity index (χ1v) is 6.70. The fourth-order valence-corrected chi connectivity index (χ4v) is 2.06. The molecule has 0 aliphatic rings. The van der Waals surface area contributed by atoms with Crippen LogP contribution in [0.15, 0.2) is 29.2 Å². The van der Waals surface area contributed by atoms with Crippen molar-refractivity contribution in [1.29, 1.82) is 0 Å². The van der Waals surface area contributed by atoms with Crippen molar-refractivity contribution in [3.63, 3.8) is 0 Å². The average Bonchev–Trinajstić information content (AvgIpc) is 2.34. The Morgan fingerprint density at radius 1 is 1.32 bits per heavy atom. The summed E-state index contributed by atoms with van der Waals surface area (Å²) < 4.78 is 36.6. The molecule has 19 heavy (non-hydrogen) atoms. The number of carbonyl (C=O) groups excluding carboxylic acids is 1. The van der Waals surface area contributed by atoms with Crippen molar-refractivity contribution >= 4 is 23.4 Å². The fourth-order valence-electron chi connectivity index (χ4n) is 1.29. The Labute approximate surface area is 114 Å². The minimum absolute atomic E-state index is 0.134. The highest BCUT2D eigenvalue weighted by Crippen LogP contribution is 2.31. The number of benzene rings is 1. The second kappa shape index (κ2) is 7.40. The molecule has 1 aromatic rings. The van der Waals surface area contributed by atoms with Crippen LogP contribution in [0.5, 0.6) is 0 Å². The molecule has 0 aliphatic heterocycles. The standard InChI is InChI=1S/C12H15F3N2OS/c1-2-16-7-11(18)17-9-5-3-4-6-10(9)19-8-12(13,14)15/h3-6,16H,2,7-8H2,1H3,(H,17,18). The minimum Gasteiger partial charge on any atom is -0.324 e. The van der Waals surface area contributed by atoms with E-state index in [-0.39, 0.29) is 12.5 Å². The highest BCUT2D eigenvalue weighted by atomic mass is 32.2. The minimum atomic E-state index is -4.23. The third kappa shape index (κ3) is 6.49. The Morgan fingerprint density at radius 2 is 2.00 bits per heavy atom. The number of hydrogen-bond donors (Lipinski definition) is 2. The number of halogens is 3. The quantitative estimate of drug-likeness (QED) is 0.792. The summed E-state index contributed by atoms with van der Waals surface area (Å²) in [6.07, 6.45) is -4.23. The first-order chi connectivity index (χ1) is 8.92. The maximum atomic E-state index is 12.2. The Hall–Kier alpha value is -1.21. The van der Waals surface area contributed by atoms with Crippen molar-refractivity contribution in [3.05, 3.63) is 24.3 Å². The smallest absolute Gasteiger partial charge is 0.324 e. The van der Waals surface area contributed by atoms with E-state index in [4.69, 9.17) is 0 Å². The van der Waals surface area contributed by atoms with E-state index in [1.54, 1.807) is 24.3 Å². The summed E-state index contributed by atoms with van der Waals surface area (Å²) in [5.41, 5.74) is 0.402. The van der Waals surface area contributed by atoms with Crippen LogP contribution in [0.4, 0.5) is 18.9 Å². The molecule has 0 spiro atoms. The topological polar surface area (TPSA) is 41.1 Å². The van der Waals surface area contributed by atoms with Crippen molar-refractivity contribution in [3.8, 4) is 0 Å². The number of thioether (sulfide) groups is 1. The van der Waals surface area contributed by atoms with Gasteiger partial charge < -0.3 is 10.6 Å². The summed E-state index contributed by atoms with van der Waals surface area (Å²) in [6.45, 7) is 2.65. The summed E-state index contributed by atoms with van der Waals surface area (Å²) in [5.74, 6) is -1.26. The molecule has 0 saturated carbocycles. The molecule has 0 fully saturated rings. The predicted molar refractivity (Wildman–Crippen MR) is 70.4 cm³/mol. The van der Waals surface area contributed by atoms with Gasteiger partial charge in [0.05, 0.1) is 18.0 Å². The number of likely N-dealkylation sites (N-methyl/N-ethyl adjacent to an activating group) is 1. The van der Waals surface area contributed by atoms with Crippen molar-refractivity contribution in [2.45, 2.75) is 18.0 Å². The van der Waals surface area contributed by atoms with Crippen LogP contribution in [-0.4, -0.2) is 30.9 Å². The van der Waals surface area contributed by atoms with E-state index in [9.17, 15) is 18.0 Å². The third-order valence-corrected chi connectivity index (χ3v) is 3.23. The van der Waals surface area contributed by atoms with Gasteiger partial charge in [0.25, 0.3) is 0 Å². The zero-order valence-corrected chi connectivity index (χ0v) is 11.2. The molecule has 0 unspecified atom stereocenters. The fraction of sp³-hybridized carbons (Fsp3) is 0.417. The van der Waals surface area contributed by atoms with E-state index >= 15 is 0 Å². The van der Waals surface area contributed by atoms with E-state index in [1.165, 1.54) is 0 Å². The van der Waals surface area contributed by atoms with Crippen molar-refractivity contribution in [1.82, 2.24) is 5.32 Å². The summed E-state index contributed by atoms with van der Waals surface area (Å²) in [5, 5.41) is 5.44. The molecular formula is C12H15F3N2OS. The highest BCUT2D eigenvalue weighted by Gasteiger charge is 2.27. The van der Waals surface area contributed by atoms with Crippen LogP contribution in [0.1, 0.15) is 6.92 Å². The molecule has 0 heterocycles. The Kier molecular flexibility index (Phi) is 6.17. The predicted octanol–water partition coefficient (Wildman–Crippen LogP) is 2.89. The van der Waals surface area contributed by atoms with Gasteiger partial charge in [0.15, 0.2) is 0 Å². The number of alkyl halides is 3. The summed E-state index contributed by atoms with van der Waals surface area (Å²) in [4.78, 5) is 11.9. The van der Waals surface area contributed by atoms with E-state index in [1.807, 2.05) is 6.92 Å². The number of para-hydroxylation sites is 1. The first kappa shape index (κ1) is 15.8. The molecular weight excluding hydrogens is 277 g/mol. The number of nitrogens with one attached hydrogen (secondary N) is 2. The van der Waals surface area contributed by atoms with Crippen LogP contribution < -0.4 is 10.6 Å². The highest BCUT2D eigenvalue weighted by molar-refractivity contribution is 7.99. The SMILES string of the molecule is CCNCC(=O)Nc1ccccc1SCC(F)(F)F. The molecule has 3 nitrogen and oxygen atoms in total. The van der Waals surface area contributed by atoms with Gasteiger partial charge >= 0.3 is 6.18 Å². The van der Waals surface area contributed by atoms with Gasteiger partial charge in [0, 0.05) is 4.90 Å². The maximum Gasteiger partial charge on any atom is 0.398 e. The first-order valence-electron chi connectivity index (χ1n) is 5.71. The zero-order chi connectivity index (χ0) is 14.3. The number of amides is 1. The molecule has 0 aliphatic carbocycles. The van der Waals surface area contributed by atoms with Gasteiger partial charge in [0.1, 0.15) is 0 Å². The van der Waals surface area contributed by atoms with Crippen molar-refractivity contribution in [2.75, 3.05) is 24.2 Å². The molecule has 1 amide bonds. The van der Waals surface area contributed by atoms with Crippen LogP contribution in [0, 0.1) is 0 Å². The molecule has 1 aromatic carbocycles. The third-order valence-electron chi connectivity index (χ3n) is 2.09. The summed E-state index contributed by atoms with van der Waals surface area (Å²) in [7, 11) is 0. The zero-order valence-electron chi connectivity index (χ0n) is 10.4. The maximum absolute atomic E-state index is 12.2. The number of rotatable bonds is 6. The van der Waals surface area contributed by atoms with Gasteiger partial charge in [-0.2, -0.15) is 13.2 Å². The second-order valence-electron chi connectivity index (χ2n) is 3.73. The Morgan fingerprint density at radius 3 is 2.63 bits per heavy atom. The molecule has 1 rings (SSSR count). The molecule has 106 valence electrons. The van der Waals surface area contributed by atoms with E-state index in [0.29, 0.717) is 28.9 Å². The molecule has 0 radical (unpaired) electrons. The molecule has 2 N–H and O–H groups in total. The van der Waals surface area contributed by atoms with Crippen LogP contribution in [0.2, 0.25) is 0 Å². The lowest BCUT2D eigenvalue weighted by Crippen LogP contribution is -2.27. The van der Waals surface area contributed by atoms with Gasteiger partial charge in [-0.15, -0.1) is 11.8 Å². The monoisotopic (exact) mass is 292 g/mol. The van der Waals surface area contributed by atoms with Crippen LogP contribution in [0.3, 0.4) is 0 Å². The molecule has 0 bridgehead atoms. The number of carbonyl (C=O) groups is 1.